The van der Waals surface area contributed by atoms with Gasteiger partial charge in [0.1, 0.15) is 5.75 Å². The minimum Gasteiger partial charge on any atom is -0.494 e. The fourth-order valence-corrected chi connectivity index (χ4v) is 2.68. The molecular weight excluding hydrogens is 276 g/mol. The Kier molecular flexibility index (Phi) is 6.25. The first-order valence-corrected chi connectivity index (χ1v) is 8.25. The second kappa shape index (κ2) is 8.18. The highest BCUT2D eigenvalue weighted by Crippen LogP contribution is 2.26. The quantitative estimate of drug-likeness (QED) is 0.814. The molecule has 122 valence electrons. The molecule has 0 radical (unpaired) electrons. The molecule has 2 N–H and O–H groups in total. The van der Waals surface area contributed by atoms with Crippen molar-refractivity contribution in [3.8, 4) is 5.75 Å². The number of piperidine rings is 1. The number of carbonyl (C=O) groups is 1. The lowest BCUT2D eigenvalue weighted by atomic mass is 9.81. The largest absolute Gasteiger partial charge is 0.494 e. The summed E-state index contributed by atoms with van der Waals surface area (Å²) in [6.07, 6.45) is 2.98. The zero-order valence-corrected chi connectivity index (χ0v) is 13.7. The van der Waals surface area contributed by atoms with E-state index in [-0.39, 0.29) is 17.2 Å². The zero-order valence-electron chi connectivity index (χ0n) is 13.7. The number of hydrogen-bond acceptors (Lipinski definition) is 3. The van der Waals surface area contributed by atoms with Gasteiger partial charge in [-0.15, -0.1) is 0 Å². The van der Waals surface area contributed by atoms with E-state index in [4.69, 9.17) is 4.74 Å². The highest BCUT2D eigenvalue weighted by atomic mass is 16.5. The van der Waals surface area contributed by atoms with Crippen LogP contribution in [0.5, 0.6) is 5.75 Å². The van der Waals surface area contributed by atoms with E-state index in [9.17, 15) is 4.79 Å². The smallest absolute Gasteiger partial charge is 0.222 e. The number of hydrogen-bond donors (Lipinski definition) is 2. The summed E-state index contributed by atoms with van der Waals surface area (Å²) in [5.41, 5.74) is 0.237. The van der Waals surface area contributed by atoms with Gasteiger partial charge in [-0.05, 0) is 49.9 Å². The third-order valence-electron chi connectivity index (χ3n) is 4.51. The Bertz CT molecular complexity index is 455. The van der Waals surface area contributed by atoms with Gasteiger partial charge in [0, 0.05) is 12.5 Å². The molecule has 1 heterocycles. The Labute approximate surface area is 133 Å². The monoisotopic (exact) mass is 304 g/mol. The number of amides is 1. The SMILES string of the molecule is CC(CCOc1ccccc1)C(=O)NCC1(C)CCNCC1. The predicted octanol–water partition coefficient (Wildman–Crippen LogP) is 2.60. The highest BCUT2D eigenvalue weighted by Gasteiger charge is 2.27. The molecule has 2 rings (SSSR count). The first-order valence-electron chi connectivity index (χ1n) is 8.25. The van der Waals surface area contributed by atoms with Gasteiger partial charge < -0.3 is 15.4 Å². The number of rotatable bonds is 7. The minimum absolute atomic E-state index is 0.0194. The zero-order chi connectivity index (χ0) is 15.8. The maximum atomic E-state index is 12.2. The third-order valence-corrected chi connectivity index (χ3v) is 4.51. The van der Waals surface area contributed by atoms with Gasteiger partial charge in [0.25, 0.3) is 0 Å². The third kappa shape index (κ3) is 5.34. The summed E-state index contributed by atoms with van der Waals surface area (Å²) >= 11 is 0. The summed E-state index contributed by atoms with van der Waals surface area (Å²) in [5, 5.41) is 6.48. The van der Waals surface area contributed by atoms with Crippen LogP contribution in [0.15, 0.2) is 30.3 Å². The molecule has 1 fully saturated rings. The lowest BCUT2D eigenvalue weighted by Gasteiger charge is -2.34. The summed E-state index contributed by atoms with van der Waals surface area (Å²) in [6, 6.07) is 9.73. The molecule has 22 heavy (non-hydrogen) atoms. The minimum atomic E-state index is -0.0194. The fourth-order valence-electron chi connectivity index (χ4n) is 2.68. The van der Waals surface area contributed by atoms with Crippen molar-refractivity contribution < 1.29 is 9.53 Å². The summed E-state index contributed by atoms with van der Waals surface area (Å²) in [7, 11) is 0. The summed E-state index contributed by atoms with van der Waals surface area (Å²) in [4.78, 5) is 12.2. The average Bonchev–Trinajstić information content (AvgIpc) is 2.54. The Morgan fingerprint density at radius 3 is 2.68 bits per heavy atom. The van der Waals surface area contributed by atoms with Gasteiger partial charge in [-0.1, -0.05) is 32.0 Å². The van der Waals surface area contributed by atoms with E-state index < -0.39 is 0 Å². The van der Waals surface area contributed by atoms with E-state index in [2.05, 4.69) is 17.6 Å². The summed E-state index contributed by atoms with van der Waals surface area (Å²) < 4.78 is 5.65. The predicted molar refractivity (Wildman–Crippen MR) is 88.9 cm³/mol. The van der Waals surface area contributed by atoms with Crippen LogP contribution in [0.1, 0.15) is 33.1 Å². The van der Waals surface area contributed by atoms with E-state index in [1.165, 1.54) is 0 Å². The summed E-state index contributed by atoms with van der Waals surface area (Å²) in [5.74, 6) is 0.975. The number of carbonyl (C=O) groups excluding carboxylic acids is 1. The molecular formula is C18H28N2O2. The maximum absolute atomic E-state index is 12.2. The van der Waals surface area contributed by atoms with Crippen LogP contribution >= 0.6 is 0 Å². The van der Waals surface area contributed by atoms with Gasteiger partial charge in [0.15, 0.2) is 0 Å². The molecule has 0 bridgehead atoms. The molecule has 1 aromatic carbocycles. The van der Waals surface area contributed by atoms with Crippen LogP contribution in [-0.2, 0) is 4.79 Å². The molecule has 1 amide bonds. The molecule has 1 aliphatic rings. The average molecular weight is 304 g/mol. The number of nitrogens with one attached hydrogen (secondary N) is 2. The molecule has 0 saturated carbocycles. The van der Waals surface area contributed by atoms with Crippen LogP contribution in [-0.4, -0.2) is 32.1 Å². The van der Waals surface area contributed by atoms with Gasteiger partial charge in [-0.3, -0.25) is 4.79 Å². The van der Waals surface area contributed by atoms with Gasteiger partial charge >= 0.3 is 0 Å². The Balaban J connectivity index is 1.66. The first-order chi connectivity index (χ1) is 10.6. The van der Waals surface area contributed by atoms with Crippen molar-refractivity contribution in [3.05, 3.63) is 30.3 Å². The molecule has 0 aromatic heterocycles. The van der Waals surface area contributed by atoms with Crippen LogP contribution < -0.4 is 15.4 Å². The van der Waals surface area contributed by atoms with Crippen LogP contribution in [0.2, 0.25) is 0 Å². The van der Waals surface area contributed by atoms with Crippen molar-refractivity contribution in [3.63, 3.8) is 0 Å². The van der Waals surface area contributed by atoms with E-state index in [0.29, 0.717) is 6.61 Å². The van der Waals surface area contributed by atoms with Crippen LogP contribution in [0.25, 0.3) is 0 Å². The second-order valence-electron chi connectivity index (χ2n) is 6.63. The molecule has 4 heteroatoms. The lowest BCUT2D eigenvalue weighted by molar-refractivity contribution is -0.125. The number of para-hydroxylation sites is 1. The van der Waals surface area contributed by atoms with E-state index in [0.717, 1.165) is 44.6 Å². The summed E-state index contributed by atoms with van der Waals surface area (Å²) in [6.45, 7) is 7.67. The van der Waals surface area contributed by atoms with Gasteiger partial charge in [0.2, 0.25) is 5.91 Å². The Hall–Kier alpha value is -1.55. The van der Waals surface area contributed by atoms with Crippen molar-refractivity contribution in [2.75, 3.05) is 26.2 Å². The van der Waals surface area contributed by atoms with Crippen molar-refractivity contribution in [2.24, 2.45) is 11.3 Å². The number of ether oxygens (including phenoxy) is 1. The normalized spacial score (nSPS) is 18.5. The molecule has 1 aromatic rings. The van der Waals surface area contributed by atoms with Crippen LogP contribution in [0.4, 0.5) is 0 Å². The van der Waals surface area contributed by atoms with E-state index in [1.807, 2.05) is 37.3 Å². The van der Waals surface area contributed by atoms with Crippen molar-refractivity contribution >= 4 is 5.91 Å². The standard InChI is InChI=1S/C18H28N2O2/c1-15(8-13-22-16-6-4-3-5-7-16)17(21)20-14-18(2)9-11-19-12-10-18/h3-7,15,19H,8-14H2,1-2H3,(H,20,21). The molecule has 0 spiro atoms. The maximum Gasteiger partial charge on any atom is 0.222 e. The van der Waals surface area contributed by atoms with Crippen LogP contribution in [0.3, 0.4) is 0 Å². The Morgan fingerprint density at radius 2 is 2.00 bits per heavy atom. The Morgan fingerprint density at radius 1 is 1.32 bits per heavy atom. The van der Waals surface area contributed by atoms with E-state index >= 15 is 0 Å². The van der Waals surface area contributed by atoms with Crippen LogP contribution in [0, 0.1) is 11.3 Å². The fraction of sp³-hybridized carbons (Fsp3) is 0.611. The molecule has 1 atom stereocenters. The first kappa shape index (κ1) is 16.8. The highest BCUT2D eigenvalue weighted by molar-refractivity contribution is 5.78. The van der Waals surface area contributed by atoms with Crippen molar-refractivity contribution in [2.45, 2.75) is 33.1 Å². The van der Waals surface area contributed by atoms with Gasteiger partial charge in [0.05, 0.1) is 6.61 Å². The molecule has 4 nitrogen and oxygen atoms in total. The van der Waals surface area contributed by atoms with E-state index in [1.54, 1.807) is 0 Å². The lowest BCUT2D eigenvalue weighted by Crippen LogP contribution is -2.44. The van der Waals surface area contributed by atoms with Gasteiger partial charge in [-0.25, -0.2) is 0 Å². The van der Waals surface area contributed by atoms with Crippen molar-refractivity contribution in [1.82, 2.24) is 10.6 Å². The second-order valence-corrected chi connectivity index (χ2v) is 6.63. The van der Waals surface area contributed by atoms with Gasteiger partial charge in [-0.2, -0.15) is 0 Å². The van der Waals surface area contributed by atoms with Crippen molar-refractivity contribution in [1.29, 1.82) is 0 Å². The molecule has 1 aliphatic heterocycles. The molecule has 1 saturated heterocycles. The topological polar surface area (TPSA) is 50.4 Å². The molecule has 1 unspecified atom stereocenters. The number of benzene rings is 1. The molecule has 0 aliphatic carbocycles.